The van der Waals surface area contributed by atoms with Gasteiger partial charge >= 0.3 is 10.5 Å². The van der Waals surface area contributed by atoms with Gasteiger partial charge < -0.3 is 4.43 Å². The molecule has 0 aliphatic carbocycles. The molecule has 0 spiro atoms. The number of halogens is 1. The number of hydrogen-bond acceptors (Lipinski definition) is 1. The van der Waals surface area contributed by atoms with Crippen molar-refractivity contribution in [3.05, 3.63) is 27.2 Å². The van der Waals surface area contributed by atoms with Gasteiger partial charge in [-0.2, -0.15) is 0 Å². The second kappa shape index (κ2) is 4.30. The van der Waals surface area contributed by atoms with E-state index in [1.54, 1.807) is 0 Å². The maximum atomic E-state index is 5.20. The quantitative estimate of drug-likeness (QED) is 0.712. The van der Waals surface area contributed by atoms with Crippen LogP contribution in [0.15, 0.2) is 10.5 Å². The van der Waals surface area contributed by atoms with E-state index in [-0.39, 0.29) is 5.41 Å². The third-order valence-electron chi connectivity index (χ3n) is 2.69. The fraction of sp³-hybridized carbons (Fsp3) is 0.500. The molecule has 3 radical (unpaired) electrons. The Kier molecular flexibility index (Phi) is 3.66. The summed E-state index contributed by atoms with van der Waals surface area (Å²) in [6.45, 7) is 10.7. The van der Waals surface area contributed by atoms with Gasteiger partial charge in [0.05, 0.1) is 0 Å². The summed E-state index contributed by atoms with van der Waals surface area (Å²) in [5.41, 5.74) is 3.76. The van der Waals surface area contributed by atoms with Crippen LogP contribution in [0.4, 0.5) is 0 Å². The SMILES string of the molecule is Cc1c(O[Si])cc(C(C)(C)C)c(Br)c1C. The molecular weight excluding hydrogens is 268 g/mol. The summed E-state index contributed by atoms with van der Waals surface area (Å²) in [6, 6.07) is 2.08. The van der Waals surface area contributed by atoms with Crippen molar-refractivity contribution in [3.8, 4) is 5.75 Å². The first-order chi connectivity index (χ1) is 6.79. The van der Waals surface area contributed by atoms with Crippen molar-refractivity contribution in [3.63, 3.8) is 0 Å². The average molecular weight is 284 g/mol. The standard InChI is InChI=1S/C12H16BrOSi/c1-7-8(2)11(13)9(12(3,4)5)6-10(7)14-15/h6H,1-5H3. The summed E-state index contributed by atoms with van der Waals surface area (Å²) in [4.78, 5) is 0. The molecule has 0 saturated carbocycles. The maximum absolute atomic E-state index is 5.20. The highest BCUT2D eigenvalue weighted by Gasteiger charge is 2.20. The topological polar surface area (TPSA) is 9.23 Å². The Bertz CT molecular complexity index is 380. The summed E-state index contributed by atoms with van der Waals surface area (Å²) in [6.07, 6.45) is 0. The zero-order valence-electron chi connectivity index (χ0n) is 9.86. The molecule has 0 bridgehead atoms. The lowest BCUT2D eigenvalue weighted by atomic mass is 9.85. The molecule has 1 rings (SSSR count). The fourth-order valence-corrected chi connectivity index (χ4v) is 2.72. The predicted molar refractivity (Wildman–Crippen MR) is 68.7 cm³/mol. The minimum Gasteiger partial charge on any atom is -0.540 e. The summed E-state index contributed by atoms with van der Waals surface area (Å²) < 4.78 is 6.38. The molecule has 1 aromatic carbocycles. The Morgan fingerprint density at radius 1 is 1.20 bits per heavy atom. The van der Waals surface area contributed by atoms with E-state index in [4.69, 9.17) is 4.43 Å². The maximum Gasteiger partial charge on any atom is 0.341 e. The molecule has 1 nitrogen and oxygen atoms in total. The van der Waals surface area contributed by atoms with E-state index >= 15 is 0 Å². The molecule has 1 aromatic rings. The Morgan fingerprint density at radius 2 is 1.73 bits per heavy atom. The number of rotatable bonds is 1. The number of hydrogen-bond donors (Lipinski definition) is 0. The molecule has 0 amide bonds. The van der Waals surface area contributed by atoms with Crippen LogP contribution in [0.5, 0.6) is 5.75 Å². The molecule has 81 valence electrons. The molecule has 15 heavy (non-hydrogen) atoms. The van der Waals surface area contributed by atoms with Gasteiger partial charge in [0.1, 0.15) is 5.75 Å². The normalized spacial score (nSPS) is 11.7. The Labute approximate surface area is 104 Å². The number of benzene rings is 1. The zero-order chi connectivity index (χ0) is 11.8. The third kappa shape index (κ3) is 2.45. The van der Waals surface area contributed by atoms with Gasteiger partial charge in [0.2, 0.25) is 0 Å². The van der Waals surface area contributed by atoms with Crippen molar-refractivity contribution in [1.82, 2.24) is 0 Å². The van der Waals surface area contributed by atoms with Gasteiger partial charge in [0.25, 0.3) is 0 Å². The first kappa shape index (κ1) is 12.8. The van der Waals surface area contributed by atoms with E-state index < -0.39 is 0 Å². The van der Waals surface area contributed by atoms with Crippen LogP contribution in [0.25, 0.3) is 0 Å². The molecule has 0 aliphatic heterocycles. The summed E-state index contributed by atoms with van der Waals surface area (Å²) >= 11 is 3.66. The van der Waals surface area contributed by atoms with E-state index in [9.17, 15) is 0 Å². The van der Waals surface area contributed by atoms with Gasteiger partial charge in [-0.15, -0.1) is 0 Å². The monoisotopic (exact) mass is 283 g/mol. The Morgan fingerprint density at radius 3 is 2.13 bits per heavy atom. The van der Waals surface area contributed by atoms with Gasteiger partial charge in [-0.25, -0.2) is 0 Å². The van der Waals surface area contributed by atoms with Gasteiger partial charge in [0, 0.05) is 4.47 Å². The van der Waals surface area contributed by atoms with E-state index in [0.717, 1.165) is 11.3 Å². The second-order valence-corrected chi connectivity index (χ2v) is 5.84. The smallest absolute Gasteiger partial charge is 0.341 e. The molecule has 0 fully saturated rings. The molecule has 0 aromatic heterocycles. The minimum atomic E-state index is 0.108. The highest BCUT2D eigenvalue weighted by Crippen LogP contribution is 2.37. The zero-order valence-corrected chi connectivity index (χ0v) is 12.4. The summed E-state index contributed by atoms with van der Waals surface area (Å²) in [7, 11) is 3.10. The van der Waals surface area contributed by atoms with Crippen molar-refractivity contribution < 1.29 is 4.43 Å². The molecule has 0 N–H and O–H groups in total. The average Bonchev–Trinajstić information content (AvgIpc) is 2.13. The first-order valence-electron chi connectivity index (χ1n) is 4.92. The van der Waals surface area contributed by atoms with Crippen LogP contribution in [0.1, 0.15) is 37.5 Å². The second-order valence-electron chi connectivity index (χ2n) is 4.84. The largest absolute Gasteiger partial charge is 0.540 e. The van der Waals surface area contributed by atoms with Crippen molar-refractivity contribution in [2.45, 2.75) is 40.0 Å². The summed E-state index contributed by atoms with van der Waals surface area (Å²) in [5.74, 6) is 0.886. The lowest BCUT2D eigenvalue weighted by molar-refractivity contribution is 0.568. The van der Waals surface area contributed by atoms with E-state index in [1.807, 2.05) is 0 Å². The van der Waals surface area contributed by atoms with Crippen LogP contribution in [-0.2, 0) is 5.41 Å². The highest BCUT2D eigenvalue weighted by atomic mass is 79.9. The van der Waals surface area contributed by atoms with Crippen LogP contribution in [0, 0.1) is 13.8 Å². The third-order valence-corrected chi connectivity index (χ3v) is 3.93. The summed E-state index contributed by atoms with van der Waals surface area (Å²) in [5, 5.41) is 0. The van der Waals surface area contributed by atoms with Crippen molar-refractivity contribution >= 4 is 26.4 Å². The molecular formula is C12H16BrOSi. The predicted octanol–water partition coefficient (Wildman–Crippen LogP) is 3.83. The lowest BCUT2D eigenvalue weighted by Gasteiger charge is -2.24. The van der Waals surface area contributed by atoms with Crippen LogP contribution in [-0.4, -0.2) is 10.5 Å². The van der Waals surface area contributed by atoms with Crippen LogP contribution in [0.2, 0.25) is 0 Å². The molecule has 0 atom stereocenters. The van der Waals surface area contributed by atoms with Crippen molar-refractivity contribution in [2.75, 3.05) is 0 Å². The molecule has 3 heteroatoms. The lowest BCUT2D eigenvalue weighted by Crippen LogP contribution is -2.13. The van der Waals surface area contributed by atoms with Gasteiger partial charge in [-0.3, -0.25) is 0 Å². The van der Waals surface area contributed by atoms with Crippen LogP contribution < -0.4 is 4.43 Å². The van der Waals surface area contributed by atoms with Gasteiger partial charge in [-0.05, 0) is 42.0 Å². The molecule has 0 aliphatic rings. The Hall–Kier alpha value is -0.283. The molecule has 0 saturated heterocycles. The minimum absolute atomic E-state index is 0.108. The van der Waals surface area contributed by atoms with Crippen molar-refractivity contribution in [2.24, 2.45) is 0 Å². The van der Waals surface area contributed by atoms with Gasteiger partial charge in [0.15, 0.2) is 0 Å². The fourth-order valence-electron chi connectivity index (χ4n) is 1.51. The Balaban J connectivity index is 3.49. The van der Waals surface area contributed by atoms with Crippen LogP contribution >= 0.6 is 15.9 Å². The molecule has 0 unspecified atom stereocenters. The highest BCUT2D eigenvalue weighted by molar-refractivity contribution is 9.10. The van der Waals surface area contributed by atoms with Gasteiger partial charge in [-0.1, -0.05) is 36.7 Å². The van der Waals surface area contributed by atoms with E-state index in [1.165, 1.54) is 15.6 Å². The van der Waals surface area contributed by atoms with E-state index in [0.29, 0.717) is 0 Å². The molecule has 0 heterocycles. The van der Waals surface area contributed by atoms with Crippen molar-refractivity contribution in [1.29, 1.82) is 0 Å². The van der Waals surface area contributed by atoms with E-state index in [2.05, 4.69) is 67.1 Å². The van der Waals surface area contributed by atoms with Crippen LogP contribution in [0.3, 0.4) is 0 Å². The first-order valence-corrected chi connectivity index (χ1v) is 6.13.